The van der Waals surface area contributed by atoms with Gasteiger partial charge in [0.2, 0.25) is 5.91 Å². The normalized spacial score (nSPS) is 15.0. The molecule has 9 heteroatoms. The first kappa shape index (κ1) is 21.6. The van der Waals surface area contributed by atoms with Crippen LogP contribution in [0, 0.1) is 0 Å². The average molecular weight is 432 g/mol. The zero-order valence-corrected chi connectivity index (χ0v) is 18.1. The van der Waals surface area contributed by atoms with E-state index in [1.165, 1.54) is 18.1 Å². The predicted molar refractivity (Wildman–Crippen MR) is 113 cm³/mol. The molecule has 0 saturated carbocycles. The fourth-order valence-corrected chi connectivity index (χ4v) is 4.92. The van der Waals surface area contributed by atoms with E-state index in [9.17, 15) is 18.0 Å². The van der Waals surface area contributed by atoms with Gasteiger partial charge >= 0.3 is 6.03 Å². The lowest BCUT2D eigenvalue weighted by Crippen LogP contribution is -2.53. The van der Waals surface area contributed by atoms with E-state index in [1.54, 1.807) is 47.4 Å². The summed E-state index contributed by atoms with van der Waals surface area (Å²) in [6, 6.07) is 12.3. The van der Waals surface area contributed by atoms with Crippen molar-refractivity contribution in [3.8, 4) is 5.75 Å². The van der Waals surface area contributed by atoms with Crippen LogP contribution >= 0.6 is 0 Å². The third kappa shape index (κ3) is 3.97. The fraction of sp³-hybridized carbons (Fsp3) is 0.333. The van der Waals surface area contributed by atoms with Gasteiger partial charge in [-0.3, -0.25) is 9.69 Å². The van der Waals surface area contributed by atoms with E-state index in [2.05, 4.69) is 0 Å². The highest BCUT2D eigenvalue weighted by atomic mass is 32.2. The fourth-order valence-electron chi connectivity index (χ4n) is 3.37. The highest BCUT2D eigenvalue weighted by Crippen LogP contribution is 2.35. The Hall–Kier alpha value is -3.07. The van der Waals surface area contributed by atoms with Gasteiger partial charge < -0.3 is 9.64 Å². The Morgan fingerprint density at radius 1 is 1.03 bits per heavy atom. The minimum absolute atomic E-state index is 0.00505. The molecule has 3 rings (SSSR count). The number of urea groups is 1. The van der Waals surface area contributed by atoms with Gasteiger partial charge in [0.1, 0.15) is 17.2 Å². The van der Waals surface area contributed by atoms with Crippen molar-refractivity contribution in [2.75, 3.05) is 31.6 Å². The molecule has 0 spiro atoms. The van der Waals surface area contributed by atoms with Crippen LogP contribution in [0.4, 0.5) is 10.5 Å². The van der Waals surface area contributed by atoms with Crippen LogP contribution in [0.25, 0.3) is 0 Å². The van der Waals surface area contributed by atoms with Crippen molar-refractivity contribution in [3.05, 3.63) is 54.1 Å². The molecule has 0 atom stereocenters. The van der Waals surface area contributed by atoms with Crippen molar-refractivity contribution in [3.63, 3.8) is 0 Å². The number of amides is 3. The second-order valence-electron chi connectivity index (χ2n) is 6.76. The molecule has 0 saturated heterocycles. The zero-order valence-electron chi connectivity index (χ0n) is 17.2. The van der Waals surface area contributed by atoms with E-state index in [4.69, 9.17) is 4.74 Å². The Kier molecular flexibility index (Phi) is 6.31. The molecule has 1 heterocycles. The van der Waals surface area contributed by atoms with Crippen molar-refractivity contribution in [2.45, 2.75) is 25.3 Å². The first-order valence-electron chi connectivity index (χ1n) is 9.67. The smallest absolute Gasteiger partial charge is 0.339 e. The van der Waals surface area contributed by atoms with Crippen LogP contribution in [0.1, 0.15) is 19.4 Å². The molecule has 0 fully saturated rings. The molecule has 2 aromatic rings. The van der Waals surface area contributed by atoms with Gasteiger partial charge in [-0.2, -0.15) is 0 Å². The van der Waals surface area contributed by atoms with E-state index in [-0.39, 0.29) is 29.6 Å². The lowest BCUT2D eigenvalue weighted by Gasteiger charge is -2.36. The summed E-state index contributed by atoms with van der Waals surface area (Å²) in [5.41, 5.74) is 0.844. The number of carbonyl (C=O) groups excluding carboxylic acids is 2. The maximum absolute atomic E-state index is 13.2. The van der Waals surface area contributed by atoms with Crippen LogP contribution < -0.4 is 9.64 Å². The lowest BCUT2D eigenvalue weighted by molar-refractivity contribution is -0.129. The van der Waals surface area contributed by atoms with Crippen molar-refractivity contribution in [2.24, 2.45) is 0 Å². The summed E-state index contributed by atoms with van der Waals surface area (Å²) in [5.74, 6) is 0.384. The number of anilines is 1. The molecule has 0 bridgehead atoms. The number of ether oxygens (including phenoxy) is 1. The standard InChI is InChI=1S/C21H25N3O5S/c1-4-22(5-2)20(25)15-23-18-8-6-7-9-19(18)30(27,28)24(21(23)26)14-16-10-12-17(29-3)13-11-16/h6-13H,4-5,14-15H2,1-3H3. The summed E-state index contributed by atoms with van der Waals surface area (Å²) >= 11 is 0. The van der Waals surface area contributed by atoms with E-state index in [0.29, 0.717) is 24.4 Å². The maximum atomic E-state index is 13.2. The molecule has 2 aromatic carbocycles. The van der Waals surface area contributed by atoms with Crippen molar-refractivity contribution in [1.82, 2.24) is 9.21 Å². The monoisotopic (exact) mass is 431 g/mol. The van der Waals surface area contributed by atoms with E-state index in [0.717, 1.165) is 4.31 Å². The molecular formula is C21H25N3O5S. The van der Waals surface area contributed by atoms with Crippen molar-refractivity contribution in [1.29, 1.82) is 0 Å². The van der Waals surface area contributed by atoms with Crippen LogP contribution in [-0.4, -0.2) is 56.3 Å². The number of likely N-dealkylation sites (N-methyl/N-ethyl adjacent to an activating group) is 1. The second kappa shape index (κ2) is 8.74. The Morgan fingerprint density at radius 3 is 2.27 bits per heavy atom. The molecule has 160 valence electrons. The molecule has 1 aliphatic rings. The van der Waals surface area contributed by atoms with Gasteiger partial charge in [0, 0.05) is 13.1 Å². The van der Waals surface area contributed by atoms with E-state index < -0.39 is 16.1 Å². The zero-order chi connectivity index (χ0) is 21.9. The van der Waals surface area contributed by atoms with Gasteiger partial charge in [0.15, 0.2) is 0 Å². The molecule has 30 heavy (non-hydrogen) atoms. The van der Waals surface area contributed by atoms with E-state index >= 15 is 0 Å². The number of nitrogens with zero attached hydrogens (tertiary/aromatic N) is 3. The minimum atomic E-state index is -4.06. The first-order valence-corrected chi connectivity index (χ1v) is 11.1. The average Bonchev–Trinajstić information content (AvgIpc) is 2.75. The molecular weight excluding hydrogens is 406 g/mol. The minimum Gasteiger partial charge on any atom is -0.497 e. The van der Waals surface area contributed by atoms with Crippen LogP contribution in [0.5, 0.6) is 5.75 Å². The second-order valence-corrected chi connectivity index (χ2v) is 8.59. The number of sulfonamides is 1. The molecule has 0 aromatic heterocycles. The van der Waals surface area contributed by atoms with Crippen LogP contribution in [-0.2, 0) is 21.4 Å². The summed E-state index contributed by atoms with van der Waals surface area (Å²) in [4.78, 5) is 28.8. The number of methoxy groups -OCH3 is 1. The molecule has 0 unspecified atom stereocenters. The summed E-state index contributed by atoms with van der Waals surface area (Å²) in [5, 5.41) is 0. The number of hydrogen-bond donors (Lipinski definition) is 0. The van der Waals surface area contributed by atoms with Gasteiger partial charge in [-0.15, -0.1) is 0 Å². The highest BCUT2D eigenvalue weighted by Gasteiger charge is 2.42. The van der Waals surface area contributed by atoms with E-state index in [1.807, 2.05) is 13.8 Å². The topological polar surface area (TPSA) is 87.2 Å². The Bertz CT molecular complexity index is 1030. The Balaban J connectivity index is 1.99. The molecule has 0 radical (unpaired) electrons. The molecule has 8 nitrogen and oxygen atoms in total. The molecule has 0 N–H and O–H groups in total. The number of carbonyl (C=O) groups is 2. The maximum Gasteiger partial charge on any atom is 0.339 e. The predicted octanol–water partition coefficient (Wildman–Crippen LogP) is 2.69. The van der Waals surface area contributed by atoms with Gasteiger partial charge in [0.25, 0.3) is 10.0 Å². The Morgan fingerprint density at radius 2 is 1.67 bits per heavy atom. The number of fused-ring (bicyclic) bond motifs is 1. The number of hydrogen-bond acceptors (Lipinski definition) is 5. The summed E-state index contributed by atoms with van der Waals surface area (Å²) in [6.45, 7) is 4.35. The van der Waals surface area contributed by atoms with Crippen LogP contribution in [0.3, 0.4) is 0 Å². The van der Waals surface area contributed by atoms with Gasteiger partial charge in [-0.1, -0.05) is 24.3 Å². The number of benzene rings is 2. The van der Waals surface area contributed by atoms with Gasteiger partial charge in [0.05, 0.1) is 19.3 Å². The third-order valence-electron chi connectivity index (χ3n) is 5.06. The molecule has 1 aliphatic heterocycles. The number of rotatable bonds is 7. The summed E-state index contributed by atoms with van der Waals surface area (Å²) in [7, 11) is -2.52. The van der Waals surface area contributed by atoms with Crippen molar-refractivity contribution < 1.29 is 22.7 Å². The summed E-state index contributed by atoms with van der Waals surface area (Å²) < 4.78 is 32.3. The van der Waals surface area contributed by atoms with Crippen molar-refractivity contribution >= 4 is 27.6 Å². The van der Waals surface area contributed by atoms with Crippen LogP contribution in [0.2, 0.25) is 0 Å². The quantitative estimate of drug-likeness (QED) is 0.673. The Labute approximate surface area is 176 Å². The van der Waals surface area contributed by atoms with Gasteiger partial charge in [-0.25, -0.2) is 17.5 Å². The highest BCUT2D eigenvalue weighted by molar-refractivity contribution is 7.90. The lowest BCUT2D eigenvalue weighted by atomic mass is 10.2. The number of para-hydroxylation sites is 1. The first-order chi connectivity index (χ1) is 14.3. The van der Waals surface area contributed by atoms with Gasteiger partial charge in [-0.05, 0) is 43.7 Å². The SMILES string of the molecule is CCN(CC)C(=O)CN1C(=O)N(Cc2ccc(OC)cc2)S(=O)(=O)c2ccccc21. The largest absolute Gasteiger partial charge is 0.497 e. The third-order valence-corrected chi connectivity index (χ3v) is 6.83. The molecule has 0 aliphatic carbocycles. The van der Waals surface area contributed by atoms with Crippen LogP contribution in [0.15, 0.2) is 53.4 Å². The summed E-state index contributed by atoms with van der Waals surface area (Å²) in [6.07, 6.45) is 0. The molecule has 3 amide bonds.